The van der Waals surface area contributed by atoms with Gasteiger partial charge in [0.2, 0.25) is 5.91 Å². The van der Waals surface area contributed by atoms with E-state index >= 15 is 0 Å². The van der Waals surface area contributed by atoms with Crippen molar-refractivity contribution in [2.45, 2.75) is 12.6 Å². The number of fused-ring (bicyclic) bond motifs is 1. The number of hydrogen-bond donors (Lipinski definition) is 2. The van der Waals surface area contributed by atoms with E-state index in [1.165, 1.54) is 18.3 Å². The van der Waals surface area contributed by atoms with Gasteiger partial charge in [0.15, 0.2) is 0 Å². The Balaban J connectivity index is 0.000000207. The molecule has 9 heteroatoms. The molecule has 0 bridgehead atoms. The first-order valence-corrected chi connectivity index (χ1v) is 9.79. The molecule has 1 aliphatic heterocycles. The van der Waals surface area contributed by atoms with Crippen LogP contribution in [-0.4, -0.2) is 59.7 Å². The Labute approximate surface area is 180 Å². The van der Waals surface area contributed by atoms with Crippen LogP contribution in [0.15, 0.2) is 60.9 Å². The maximum atomic E-state index is 12.1. The number of piperazine rings is 1. The number of anilines is 1. The molecule has 0 saturated carbocycles. The molecule has 1 unspecified atom stereocenters. The van der Waals surface area contributed by atoms with Gasteiger partial charge in [0, 0.05) is 25.6 Å². The molecular weight excluding hydrogens is 398 g/mol. The standard InChI is InChI=1S/C14H18N2O4.C8H7N3/c1-19-10-12-13(17)15-7-8-16(12)14(18)20-9-11-5-3-2-4-6-11;9-8-6-3-1-2-4-7(6)10-5-11-8/h2-6,12H,7-10H2,1H3,(H,15,17);1-5H,(H2,9,10,11). The maximum absolute atomic E-state index is 12.1. The average Bonchev–Trinajstić information content (AvgIpc) is 2.80. The molecule has 3 aromatic rings. The van der Waals surface area contributed by atoms with Crippen LogP contribution in [0.5, 0.6) is 0 Å². The van der Waals surface area contributed by atoms with E-state index in [0.717, 1.165) is 16.5 Å². The summed E-state index contributed by atoms with van der Waals surface area (Å²) in [4.78, 5) is 33.1. The van der Waals surface area contributed by atoms with Crippen LogP contribution < -0.4 is 11.1 Å². The van der Waals surface area contributed by atoms with Crippen molar-refractivity contribution in [1.82, 2.24) is 20.2 Å². The van der Waals surface area contributed by atoms with E-state index in [1.54, 1.807) is 0 Å². The number of nitrogen functional groups attached to an aromatic ring is 1. The zero-order chi connectivity index (χ0) is 22.1. The van der Waals surface area contributed by atoms with E-state index in [2.05, 4.69) is 15.3 Å². The van der Waals surface area contributed by atoms with Gasteiger partial charge >= 0.3 is 6.09 Å². The van der Waals surface area contributed by atoms with Crippen molar-refractivity contribution in [2.75, 3.05) is 32.5 Å². The number of amides is 2. The van der Waals surface area contributed by atoms with Gasteiger partial charge in [0.1, 0.15) is 24.8 Å². The highest BCUT2D eigenvalue weighted by Crippen LogP contribution is 2.14. The number of nitrogens with zero attached hydrogens (tertiary/aromatic N) is 3. The van der Waals surface area contributed by atoms with Crippen molar-refractivity contribution >= 4 is 28.7 Å². The molecule has 1 fully saturated rings. The third-order valence-electron chi connectivity index (χ3n) is 4.67. The smallest absolute Gasteiger partial charge is 0.410 e. The predicted octanol–water partition coefficient (Wildman–Crippen LogP) is 1.98. The maximum Gasteiger partial charge on any atom is 0.410 e. The number of ether oxygens (including phenoxy) is 2. The summed E-state index contributed by atoms with van der Waals surface area (Å²) in [6.45, 7) is 1.20. The summed E-state index contributed by atoms with van der Waals surface area (Å²) in [7, 11) is 1.50. The largest absolute Gasteiger partial charge is 0.445 e. The number of nitrogens with one attached hydrogen (secondary N) is 1. The van der Waals surface area contributed by atoms with Gasteiger partial charge in [-0.05, 0) is 17.7 Å². The normalized spacial score (nSPS) is 15.6. The number of carbonyl (C=O) groups excluding carboxylic acids is 2. The predicted molar refractivity (Wildman–Crippen MR) is 116 cm³/mol. The van der Waals surface area contributed by atoms with E-state index in [0.29, 0.717) is 18.9 Å². The molecule has 0 spiro atoms. The zero-order valence-corrected chi connectivity index (χ0v) is 17.2. The van der Waals surface area contributed by atoms with E-state index in [4.69, 9.17) is 15.2 Å². The third-order valence-corrected chi connectivity index (χ3v) is 4.67. The number of benzene rings is 2. The van der Waals surface area contributed by atoms with Gasteiger partial charge in [-0.25, -0.2) is 14.8 Å². The molecule has 1 saturated heterocycles. The van der Waals surface area contributed by atoms with Crippen LogP contribution >= 0.6 is 0 Å². The Kier molecular flexibility index (Phi) is 7.72. The molecule has 31 heavy (non-hydrogen) atoms. The molecule has 4 rings (SSSR count). The summed E-state index contributed by atoms with van der Waals surface area (Å²) >= 11 is 0. The molecule has 162 valence electrons. The van der Waals surface area contributed by atoms with Crippen LogP contribution in [0.25, 0.3) is 10.9 Å². The summed E-state index contributed by atoms with van der Waals surface area (Å²) in [5.41, 5.74) is 7.40. The second-order valence-electron chi connectivity index (χ2n) is 6.77. The van der Waals surface area contributed by atoms with Gasteiger partial charge in [-0.1, -0.05) is 42.5 Å². The van der Waals surface area contributed by atoms with E-state index < -0.39 is 12.1 Å². The molecular formula is C22H25N5O4. The highest BCUT2D eigenvalue weighted by atomic mass is 16.6. The summed E-state index contributed by atoms with van der Waals surface area (Å²) in [6, 6.07) is 16.4. The minimum absolute atomic E-state index is 0.159. The Morgan fingerprint density at radius 1 is 1.16 bits per heavy atom. The summed E-state index contributed by atoms with van der Waals surface area (Å²) in [6.07, 6.45) is 0.975. The minimum atomic E-state index is -0.628. The molecule has 9 nitrogen and oxygen atoms in total. The quantitative estimate of drug-likeness (QED) is 0.658. The first-order valence-electron chi connectivity index (χ1n) is 9.79. The SMILES string of the molecule is COCC1C(=O)NCCN1C(=O)OCc1ccccc1.Nc1ncnc2ccccc12. The highest BCUT2D eigenvalue weighted by Gasteiger charge is 2.33. The Morgan fingerprint density at radius 2 is 1.90 bits per heavy atom. The second-order valence-corrected chi connectivity index (χ2v) is 6.77. The molecule has 2 aromatic carbocycles. The number of nitrogens with two attached hydrogens (primary N) is 1. The lowest BCUT2D eigenvalue weighted by Crippen LogP contribution is -2.58. The number of para-hydroxylation sites is 1. The lowest BCUT2D eigenvalue weighted by atomic mass is 10.2. The molecule has 0 radical (unpaired) electrons. The van der Waals surface area contributed by atoms with Gasteiger partial charge in [-0.2, -0.15) is 0 Å². The van der Waals surface area contributed by atoms with E-state index in [9.17, 15) is 9.59 Å². The van der Waals surface area contributed by atoms with Gasteiger partial charge < -0.3 is 20.5 Å². The molecule has 2 heterocycles. The van der Waals surface area contributed by atoms with Crippen LogP contribution in [-0.2, 0) is 20.9 Å². The minimum Gasteiger partial charge on any atom is -0.445 e. The Morgan fingerprint density at radius 3 is 2.65 bits per heavy atom. The number of methoxy groups -OCH3 is 1. The van der Waals surface area contributed by atoms with E-state index in [-0.39, 0.29) is 19.1 Å². The topological polar surface area (TPSA) is 120 Å². The molecule has 3 N–H and O–H groups in total. The molecule has 1 aromatic heterocycles. The number of carbonyl (C=O) groups is 2. The number of aromatic nitrogens is 2. The summed E-state index contributed by atoms with van der Waals surface area (Å²) < 4.78 is 10.2. The van der Waals surface area contributed by atoms with Crippen LogP contribution in [0.3, 0.4) is 0 Å². The van der Waals surface area contributed by atoms with Gasteiger partial charge in [0.25, 0.3) is 0 Å². The van der Waals surface area contributed by atoms with Gasteiger partial charge in [-0.3, -0.25) is 9.69 Å². The average molecular weight is 423 g/mol. The van der Waals surface area contributed by atoms with Crippen molar-refractivity contribution < 1.29 is 19.1 Å². The molecule has 0 aliphatic carbocycles. The third kappa shape index (κ3) is 5.89. The molecule has 1 aliphatic rings. The fraction of sp³-hybridized carbons (Fsp3) is 0.273. The molecule has 2 amide bonds. The first-order chi connectivity index (χ1) is 15.1. The van der Waals surface area contributed by atoms with E-state index in [1.807, 2.05) is 54.6 Å². The Hall–Kier alpha value is -3.72. The number of hydrogen-bond acceptors (Lipinski definition) is 7. The van der Waals surface area contributed by atoms with Gasteiger partial charge in [-0.15, -0.1) is 0 Å². The highest BCUT2D eigenvalue weighted by molar-refractivity contribution is 5.87. The summed E-state index contributed by atoms with van der Waals surface area (Å²) in [5.74, 6) is 0.324. The van der Waals surface area contributed by atoms with Crippen molar-refractivity contribution in [3.8, 4) is 0 Å². The van der Waals surface area contributed by atoms with Gasteiger partial charge in [0.05, 0.1) is 12.1 Å². The van der Waals surface area contributed by atoms with Crippen LogP contribution in [0.4, 0.5) is 10.6 Å². The lowest BCUT2D eigenvalue weighted by Gasteiger charge is -2.33. The fourth-order valence-electron chi connectivity index (χ4n) is 3.08. The van der Waals surface area contributed by atoms with Crippen molar-refractivity contribution in [2.24, 2.45) is 0 Å². The van der Waals surface area contributed by atoms with Crippen molar-refractivity contribution in [3.05, 3.63) is 66.5 Å². The first kappa shape index (κ1) is 22.0. The van der Waals surface area contributed by atoms with Crippen molar-refractivity contribution in [3.63, 3.8) is 0 Å². The fourth-order valence-corrected chi connectivity index (χ4v) is 3.08. The monoisotopic (exact) mass is 423 g/mol. The second kappa shape index (κ2) is 10.9. The van der Waals surface area contributed by atoms with Crippen molar-refractivity contribution in [1.29, 1.82) is 0 Å². The zero-order valence-electron chi connectivity index (χ0n) is 17.2. The van der Waals surface area contributed by atoms with Crippen LogP contribution in [0, 0.1) is 0 Å². The lowest BCUT2D eigenvalue weighted by molar-refractivity contribution is -0.130. The summed E-state index contributed by atoms with van der Waals surface area (Å²) in [5, 5.41) is 3.62. The Bertz CT molecular complexity index is 1010. The number of rotatable bonds is 4. The van der Waals surface area contributed by atoms with Crippen LogP contribution in [0.1, 0.15) is 5.56 Å². The molecule has 1 atom stereocenters. The van der Waals surface area contributed by atoms with Crippen LogP contribution in [0.2, 0.25) is 0 Å².